The SMILES string of the molecule is Cc1ccc2[nH]c3nc(N/N=C\c4ccc(N(C)C)cc4)nnc3c2c1. The van der Waals surface area contributed by atoms with Crippen molar-refractivity contribution in [2.24, 2.45) is 5.10 Å². The van der Waals surface area contributed by atoms with Crippen molar-refractivity contribution < 1.29 is 0 Å². The van der Waals surface area contributed by atoms with Crippen molar-refractivity contribution in [3.63, 3.8) is 0 Å². The molecule has 7 heteroatoms. The minimum Gasteiger partial charge on any atom is -0.378 e. The maximum atomic E-state index is 4.45. The van der Waals surface area contributed by atoms with Crippen LogP contribution in [0.15, 0.2) is 47.6 Å². The first-order chi connectivity index (χ1) is 12.6. The molecule has 0 bridgehead atoms. The van der Waals surface area contributed by atoms with Gasteiger partial charge in [0.2, 0.25) is 0 Å². The van der Waals surface area contributed by atoms with Crippen molar-refractivity contribution >= 4 is 39.9 Å². The summed E-state index contributed by atoms with van der Waals surface area (Å²) in [5.74, 6) is 0.349. The average molecular weight is 345 g/mol. The van der Waals surface area contributed by atoms with Gasteiger partial charge in [-0.05, 0) is 36.8 Å². The van der Waals surface area contributed by atoms with Gasteiger partial charge in [0.1, 0.15) is 5.52 Å². The van der Waals surface area contributed by atoms with Crippen molar-refractivity contribution in [1.82, 2.24) is 20.2 Å². The van der Waals surface area contributed by atoms with Gasteiger partial charge >= 0.3 is 0 Å². The molecule has 7 nitrogen and oxygen atoms in total. The second kappa shape index (κ2) is 6.44. The number of aryl methyl sites for hydroxylation is 1. The molecule has 0 fully saturated rings. The van der Waals surface area contributed by atoms with Gasteiger partial charge in [-0.25, -0.2) is 5.43 Å². The minimum atomic E-state index is 0.349. The first kappa shape index (κ1) is 16.0. The van der Waals surface area contributed by atoms with Gasteiger partial charge < -0.3 is 9.88 Å². The molecule has 2 N–H and O–H groups in total. The van der Waals surface area contributed by atoms with E-state index in [9.17, 15) is 0 Å². The largest absolute Gasteiger partial charge is 0.378 e. The van der Waals surface area contributed by atoms with Crippen LogP contribution in [0.5, 0.6) is 0 Å². The van der Waals surface area contributed by atoms with Crippen LogP contribution in [0.1, 0.15) is 11.1 Å². The van der Waals surface area contributed by atoms with Crippen molar-refractivity contribution in [2.75, 3.05) is 24.4 Å². The number of hydrogen-bond donors (Lipinski definition) is 2. The monoisotopic (exact) mass is 345 g/mol. The highest BCUT2D eigenvalue weighted by molar-refractivity contribution is 6.03. The Kier molecular flexibility index (Phi) is 3.96. The van der Waals surface area contributed by atoms with Gasteiger partial charge in [-0.1, -0.05) is 23.8 Å². The fourth-order valence-electron chi connectivity index (χ4n) is 2.76. The number of anilines is 2. The predicted molar refractivity (Wildman–Crippen MR) is 106 cm³/mol. The Bertz CT molecular complexity index is 1090. The zero-order valence-corrected chi connectivity index (χ0v) is 14.9. The van der Waals surface area contributed by atoms with Crippen LogP contribution < -0.4 is 10.3 Å². The number of benzene rings is 2. The molecule has 4 rings (SSSR count). The van der Waals surface area contributed by atoms with E-state index in [1.165, 1.54) is 5.56 Å². The molecular formula is C19H19N7. The van der Waals surface area contributed by atoms with Gasteiger partial charge in [-0.3, -0.25) is 0 Å². The molecule has 0 aliphatic heterocycles. The van der Waals surface area contributed by atoms with E-state index in [0.29, 0.717) is 11.6 Å². The molecule has 0 unspecified atom stereocenters. The highest BCUT2D eigenvalue weighted by Crippen LogP contribution is 2.23. The molecule has 26 heavy (non-hydrogen) atoms. The Balaban J connectivity index is 1.54. The quantitative estimate of drug-likeness (QED) is 0.438. The zero-order chi connectivity index (χ0) is 18.1. The number of hydrogen-bond acceptors (Lipinski definition) is 6. The van der Waals surface area contributed by atoms with E-state index in [0.717, 1.165) is 27.7 Å². The number of rotatable bonds is 4. The van der Waals surface area contributed by atoms with Crippen LogP contribution in [-0.2, 0) is 0 Å². The van der Waals surface area contributed by atoms with Crippen LogP contribution in [0.4, 0.5) is 11.6 Å². The van der Waals surface area contributed by atoms with E-state index in [2.05, 4.69) is 54.6 Å². The van der Waals surface area contributed by atoms with Crippen LogP contribution >= 0.6 is 0 Å². The normalized spacial score (nSPS) is 11.5. The lowest BCUT2D eigenvalue weighted by Gasteiger charge is -2.11. The van der Waals surface area contributed by atoms with Gasteiger partial charge in [0, 0.05) is 30.7 Å². The predicted octanol–water partition coefficient (Wildman–Crippen LogP) is 3.33. The van der Waals surface area contributed by atoms with Gasteiger partial charge in [-0.2, -0.15) is 10.1 Å². The number of hydrazone groups is 1. The number of aromatic amines is 1. The molecule has 0 spiro atoms. The number of H-pyrrole nitrogens is 1. The molecule has 0 saturated carbocycles. The molecule has 4 aromatic rings. The highest BCUT2D eigenvalue weighted by atomic mass is 15.4. The summed E-state index contributed by atoms with van der Waals surface area (Å²) in [7, 11) is 4.02. The molecule has 2 aromatic carbocycles. The summed E-state index contributed by atoms with van der Waals surface area (Å²) in [5, 5.41) is 13.6. The Hall–Kier alpha value is -3.48. The third-order valence-electron chi connectivity index (χ3n) is 4.16. The molecule has 130 valence electrons. The first-order valence-corrected chi connectivity index (χ1v) is 8.29. The maximum absolute atomic E-state index is 4.45. The van der Waals surface area contributed by atoms with Crippen LogP contribution in [0.25, 0.3) is 22.1 Å². The van der Waals surface area contributed by atoms with Crippen LogP contribution in [0.2, 0.25) is 0 Å². The van der Waals surface area contributed by atoms with Gasteiger partial charge in [0.25, 0.3) is 5.95 Å². The van der Waals surface area contributed by atoms with Crippen molar-refractivity contribution in [2.45, 2.75) is 6.92 Å². The summed E-state index contributed by atoms with van der Waals surface area (Å²) in [5.41, 5.74) is 8.58. The molecule has 0 atom stereocenters. The van der Waals surface area contributed by atoms with Gasteiger partial charge in [0.15, 0.2) is 5.65 Å². The fourth-order valence-corrected chi connectivity index (χ4v) is 2.76. The van der Waals surface area contributed by atoms with E-state index in [4.69, 9.17) is 0 Å². The topological polar surface area (TPSA) is 82.1 Å². The van der Waals surface area contributed by atoms with E-state index >= 15 is 0 Å². The molecule has 0 aliphatic rings. The van der Waals surface area contributed by atoms with E-state index in [1.807, 2.05) is 44.4 Å². The lowest BCUT2D eigenvalue weighted by Crippen LogP contribution is -2.08. The van der Waals surface area contributed by atoms with Crippen LogP contribution in [0.3, 0.4) is 0 Å². The Morgan fingerprint density at radius 2 is 1.88 bits per heavy atom. The average Bonchev–Trinajstić information content (AvgIpc) is 2.99. The Morgan fingerprint density at radius 3 is 2.65 bits per heavy atom. The molecule has 0 radical (unpaired) electrons. The second-order valence-electron chi connectivity index (χ2n) is 6.36. The smallest absolute Gasteiger partial charge is 0.265 e. The van der Waals surface area contributed by atoms with E-state index in [-0.39, 0.29) is 0 Å². The zero-order valence-electron chi connectivity index (χ0n) is 14.9. The standard InChI is InChI=1S/C19H19N7/c1-12-4-9-16-15(10-12)17-18(21-16)22-19(25-23-17)24-20-11-13-5-7-14(8-6-13)26(2)3/h4-11H,1-3H3,(H2,21,22,24,25)/b20-11-. The molecular weight excluding hydrogens is 326 g/mol. The molecule has 0 aliphatic carbocycles. The van der Waals surface area contributed by atoms with Crippen molar-refractivity contribution in [1.29, 1.82) is 0 Å². The van der Waals surface area contributed by atoms with E-state index in [1.54, 1.807) is 6.21 Å². The molecule has 2 heterocycles. The van der Waals surface area contributed by atoms with Crippen LogP contribution in [0, 0.1) is 6.92 Å². The number of fused-ring (bicyclic) bond motifs is 3. The Labute approximate surface area is 150 Å². The summed E-state index contributed by atoms with van der Waals surface area (Å²) >= 11 is 0. The maximum Gasteiger partial charge on any atom is 0.265 e. The number of aromatic nitrogens is 4. The fraction of sp³-hybridized carbons (Fsp3) is 0.158. The Morgan fingerprint density at radius 1 is 1.08 bits per heavy atom. The lowest BCUT2D eigenvalue weighted by atomic mass is 10.2. The number of nitrogens with zero attached hydrogens (tertiary/aromatic N) is 5. The lowest BCUT2D eigenvalue weighted by molar-refractivity contribution is 1.01. The molecule has 0 saturated heterocycles. The third-order valence-corrected chi connectivity index (χ3v) is 4.16. The number of nitrogens with one attached hydrogen (secondary N) is 2. The van der Waals surface area contributed by atoms with Crippen molar-refractivity contribution in [3.05, 3.63) is 53.6 Å². The molecule has 2 aromatic heterocycles. The minimum absolute atomic E-state index is 0.349. The van der Waals surface area contributed by atoms with Crippen molar-refractivity contribution in [3.8, 4) is 0 Å². The second-order valence-corrected chi connectivity index (χ2v) is 6.36. The van der Waals surface area contributed by atoms with E-state index < -0.39 is 0 Å². The highest BCUT2D eigenvalue weighted by Gasteiger charge is 2.08. The third kappa shape index (κ3) is 3.06. The van der Waals surface area contributed by atoms with Crippen LogP contribution in [-0.4, -0.2) is 40.5 Å². The summed E-state index contributed by atoms with van der Waals surface area (Å²) < 4.78 is 0. The van der Waals surface area contributed by atoms with Gasteiger partial charge in [-0.15, -0.1) is 10.2 Å². The summed E-state index contributed by atoms with van der Waals surface area (Å²) in [6, 6.07) is 14.2. The van der Waals surface area contributed by atoms with Gasteiger partial charge in [0.05, 0.1) is 6.21 Å². The first-order valence-electron chi connectivity index (χ1n) is 8.29. The molecule has 0 amide bonds. The summed E-state index contributed by atoms with van der Waals surface area (Å²) in [6.07, 6.45) is 1.72. The summed E-state index contributed by atoms with van der Waals surface area (Å²) in [4.78, 5) is 9.76. The summed E-state index contributed by atoms with van der Waals surface area (Å²) in [6.45, 7) is 2.05.